The van der Waals surface area contributed by atoms with Gasteiger partial charge in [-0.1, -0.05) is 23.4 Å². The van der Waals surface area contributed by atoms with Gasteiger partial charge in [0.1, 0.15) is 13.2 Å². The van der Waals surface area contributed by atoms with Gasteiger partial charge in [0, 0.05) is 49.8 Å². The predicted octanol–water partition coefficient (Wildman–Crippen LogP) is 2.00. The Hall–Kier alpha value is -3.26. The molecule has 1 fully saturated rings. The van der Waals surface area contributed by atoms with Crippen molar-refractivity contribution in [1.82, 2.24) is 20.0 Å². The number of nitrogens with zero attached hydrogens (tertiary/aromatic N) is 5. The van der Waals surface area contributed by atoms with Crippen molar-refractivity contribution in [3.8, 4) is 11.4 Å². The largest absolute Gasteiger partial charge is 0.368 e. The number of para-hydroxylation sites is 1. The van der Waals surface area contributed by atoms with Crippen LogP contribution in [0.3, 0.4) is 0 Å². The number of rotatable bonds is 6. The van der Waals surface area contributed by atoms with Crippen LogP contribution in [0.15, 0.2) is 59.4 Å². The molecule has 1 aliphatic rings. The highest BCUT2D eigenvalue weighted by Crippen LogP contribution is 2.16. The molecule has 3 heterocycles. The van der Waals surface area contributed by atoms with Gasteiger partial charge < -0.3 is 19.1 Å². The maximum absolute atomic E-state index is 12.4. The summed E-state index contributed by atoms with van der Waals surface area (Å²) in [5.41, 5.74) is 2.00. The van der Waals surface area contributed by atoms with E-state index in [4.69, 9.17) is 9.26 Å². The van der Waals surface area contributed by atoms with E-state index < -0.39 is 0 Å². The lowest BCUT2D eigenvalue weighted by Gasteiger charge is -2.36. The Morgan fingerprint density at radius 1 is 1.04 bits per heavy atom. The lowest BCUT2D eigenvalue weighted by molar-refractivity contribution is -0.137. The average molecular weight is 379 g/mol. The molecule has 0 saturated carbocycles. The van der Waals surface area contributed by atoms with Crippen molar-refractivity contribution in [2.24, 2.45) is 0 Å². The molecule has 1 saturated heterocycles. The average Bonchev–Trinajstić information content (AvgIpc) is 3.24. The van der Waals surface area contributed by atoms with Crippen LogP contribution in [-0.2, 0) is 16.1 Å². The molecule has 0 radical (unpaired) electrons. The highest BCUT2D eigenvalue weighted by Gasteiger charge is 2.21. The van der Waals surface area contributed by atoms with Gasteiger partial charge in [0.25, 0.3) is 5.89 Å². The minimum absolute atomic E-state index is 0.00168. The molecule has 2 aromatic heterocycles. The molecule has 1 aliphatic heterocycles. The summed E-state index contributed by atoms with van der Waals surface area (Å²) in [4.78, 5) is 24.7. The first-order valence-corrected chi connectivity index (χ1v) is 9.18. The van der Waals surface area contributed by atoms with Crippen LogP contribution in [0.1, 0.15) is 5.89 Å². The van der Waals surface area contributed by atoms with Crippen LogP contribution < -0.4 is 4.90 Å². The molecule has 1 aromatic carbocycles. The van der Waals surface area contributed by atoms with E-state index in [-0.39, 0.29) is 19.1 Å². The molecule has 8 nitrogen and oxygen atoms in total. The number of anilines is 1. The van der Waals surface area contributed by atoms with Gasteiger partial charge in [-0.15, -0.1) is 0 Å². The second kappa shape index (κ2) is 8.62. The zero-order valence-corrected chi connectivity index (χ0v) is 15.4. The van der Waals surface area contributed by atoms with E-state index in [2.05, 4.69) is 32.2 Å². The number of pyridine rings is 1. The van der Waals surface area contributed by atoms with Crippen LogP contribution in [0.4, 0.5) is 5.69 Å². The van der Waals surface area contributed by atoms with Crippen molar-refractivity contribution >= 4 is 11.6 Å². The molecule has 3 aromatic rings. The Morgan fingerprint density at radius 2 is 1.79 bits per heavy atom. The third-order valence-electron chi connectivity index (χ3n) is 4.61. The number of benzene rings is 1. The number of hydrogen-bond acceptors (Lipinski definition) is 7. The molecule has 144 valence electrons. The molecule has 28 heavy (non-hydrogen) atoms. The van der Waals surface area contributed by atoms with Gasteiger partial charge in [-0.05, 0) is 24.3 Å². The number of carbonyl (C=O) groups is 1. The van der Waals surface area contributed by atoms with E-state index in [1.165, 1.54) is 5.69 Å². The minimum Gasteiger partial charge on any atom is -0.368 e. The Morgan fingerprint density at radius 3 is 2.54 bits per heavy atom. The summed E-state index contributed by atoms with van der Waals surface area (Å²) in [7, 11) is 0. The zero-order valence-electron chi connectivity index (χ0n) is 15.4. The van der Waals surface area contributed by atoms with Crippen molar-refractivity contribution < 1.29 is 14.1 Å². The van der Waals surface area contributed by atoms with Crippen LogP contribution in [0.5, 0.6) is 0 Å². The van der Waals surface area contributed by atoms with Gasteiger partial charge in [0.2, 0.25) is 11.7 Å². The molecule has 0 aliphatic carbocycles. The fourth-order valence-corrected chi connectivity index (χ4v) is 3.10. The molecule has 8 heteroatoms. The summed E-state index contributed by atoms with van der Waals surface area (Å²) >= 11 is 0. The van der Waals surface area contributed by atoms with Crippen molar-refractivity contribution in [2.75, 3.05) is 37.7 Å². The molecular weight excluding hydrogens is 358 g/mol. The fraction of sp³-hybridized carbons (Fsp3) is 0.300. The van der Waals surface area contributed by atoms with E-state index >= 15 is 0 Å². The lowest BCUT2D eigenvalue weighted by Crippen LogP contribution is -2.49. The SMILES string of the molecule is O=C(COCc1nc(-c2ccncc2)no1)N1CCN(c2ccccc2)CC1. The number of aromatic nitrogens is 3. The van der Waals surface area contributed by atoms with Gasteiger partial charge in [-0.25, -0.2) is 0 Å². The number of piperazine rings is 1. The van der Waals surface area contributed by atoms with Crippen molar-refractivity contribution in [1.29, 1.82) is 0 Å². The van der Waals surface area contributed by atoms with Crippen molar-refractivity contribution in [3.05, 3.63) is 60.7 Å². The first-order valence-electron chi connectivity index (χ1n) is 9.18. The maximum atomic E-state index is 12.4. The van der Waals surface area contributed by atoms with Crippen LogP contribution in [-0.4, -0.2) is 58.7 Å². The Labute approximate surface area is 162 Å². The fourth-order valence-electron chi connectivity index (χ4n) is 3.10. The van der Waals surface area contributed by atoms with Gasteiger partial charge >= 0.3 is 0 Å². The maximum Gasteiger partial charge on any atom is 0.252 e. The summed E-state index contributed by atoms with van der Waals surface area (Å²) in [6, 6.07) is 13.8. The number of ether oxygens (including phenoxy) is 1. The molecule has 4 rings (SSSR count). The van der Waals surface area contributed by atoms with Crippen molar-refractivity contribution in [2.45, 2.75) is 6.61 Å². The predicted molar refractivity (Wildman–Crippen MR) is 102 cm³/mol. The summed E-state index contributed by atoms with van der Waals surface area (Å²) in [5, 5.41) is 3.92. The minimum atomic E-state index is -0.0263. The van der Waals surface area contributed by atoms with Gasteiger partial charge in [0.15, 0.2) is 0 Å². The lowest BCUT2D eigenvalue weighted by atomic mass is 10.2. The first kappa shape index (κ1) is 18.1. The normalized spacial score (nSPS) is 14.3. The van der Waals surface area contributed by atoms with Crippen LogP contribution in [0, 0.1) is 0 Å². The molecule has 0 spiro atoms. The second-order valence-corrected chi connectivity index (χ2v) is 6.44. The van der Waals surface area contributed by atoms with Crippen molar-refractivity contribution in [3.63, 3.8) is 0 Å². The third-order valence-corrected chi connectivity index (χ3v) is 4.61. The van der Waals surface area contributed by atoms with Gasteiger partial charge in [-0.2, -0.15) is 4.98 Å². The summed E-state index contributed by atoms with van der Waals surface area (Å²) in [6.07, 6.45) is 3.33. The van der Waals surface area contributed by atoms with E-state index in [0.29, 0.717) is 24.8 Å². The van der Waals surface area contributed by atoms with Gasteiger partial charge in [0.05, 0.1) is 0 Å². The molecule has 0 bridgehead atoms. The Kier molecular flexibility index (Phi) is 5.58. The number of hydrogen-bond donors (Lipinski definition) is 0. The number of carbonyl (C=O) groups excluding carboxylic acids is 1. The topological polar surface area (TPSA) is 84.6 Å². The smallest absolute Gasteiger partial charge is 0.252 e. The Balaban J connectivity index is 1.22. The van der Waals surface area contributed by atoms with E-state index in [1.807, 2.05) is 23.1 Å². The second-order valence-electron chi connectivity index (χ2n) is 6.44. The Bertz CT molecular complexity index is 892. The summed E-state index contributed by atoms with van der Waals surface area (Å²) in [6.45, 7) is 3.10. The molecule has 0 N–H and O–H groups in total. The zero-order chi connectivity index (χ0) is 19.2. The molecule has 0 atom stereocenters. The van der Waals surface area contributed by atoms with Crippen LogP contribution in [0.25, 0.3) is 11.4 Å². The standard InChI is InChI=1S/C20H21N5O3/c26-19(25-12-10-24(11-13-25)17-4-2-1-3-5-17)15-27-14-18-22-20(23-28-18)16-6-8-21-9-7-16/h1-9H,10-15H2. The van der Waals surface area contributed by atoms with Gasteiger partial charge in [-0.3, -0.25) is 9.78 Å². The number of amides is 1. The summed E-state index contributed by atoms with van der Waals surface area (Å²) in [5.74, 6) is 0.791. The molecule has 0 unspecified atom stereocenters. The van der Waals surface area contributed by atoms with E-state index in [0.717, 1.165) is 18.7 Å². The van der Waals surface area contributed by atoms with E-state index in [9.17, 15) is 4.79 Å². The highest BCUT2D eigenvalue weighted by molar-refractivity contribution is 5.77. The summed E-state index contributed by atoms with van der Waals surface area (Å²) < 4.78 is 10.7. The highest BCUT2D eigenvalue weighted by atomic mass is 16.5. The molecular formula is C20H21N5O3. The van der Waals surface area contributed by atoms with Crippen LogP contribution in [0.2, 0.25) is 0 Å². The quantitative estimate of drug-likeness (QED) is 0.647. The molecule has 1 amide bonds. The third kappa shape index (κ3) is 4.34. The monoisotopic (exact) mass is 379 g/mol. The van der Waals surface area contributed by atoms with Crippen LogP contribution >= 0.6 is 0 Å². The van der Waals surface area contributed by atoms with E-state index in [1.54, 1.807) is 24.5 Å². The first-order chi connectivity index (χ1) is 13.8.